The summed E-state index contributed by atoms with van der Waals surface area (Å²) in [6.07, 6.45) is 0.690. The van der Waals surface area contributed by atoms with Gasteiger partial charge in [-0.1, -0.05) is 0 Å². The van der Waals surface area contributed by atoms with E-state index in [-0.39, 0.29) is 12.2 Å². The molecule has 0 saturated carbocycles. The van der Waals surface area contributed by atoms with Gasteiger partial charge in [0.2, 0.25) is 0 Å². The first-order valence-corrected chi connectivity index (χ1v) is 5.96. The second-order valence-electron chi connectivity index (χ2n) is 4.15. The number of hydrogen-bond donors (Lipinski definition) is 0. The van der Waals surface area contributed by atoms with Crippen LogP contribution in [0.4, 0.5) is 0 Å². The molecule has 5 heteroatoms. The quantitative estimate of drug-likeness (QED) is 0.773. The Morgan fingerprint density at radius 3 is 2.58 bits per heavy atom. The molecule has 1 aliphatic rings. The molecule has 19 heavy (non-hydrogen) atoms. The van der Waals surface area contributed by atoms with E-state index in [4.69, 9.17) is 20.0 Å². The SMILES string of the molecule is N#CC(C#N)CC(=O)c1ccc2c(c1)OCCCO2. The summed E-state index contributed by atoms with van der Waals surface area (Å²) in [6, 6.07) is 8.49. The molecule has 1 aromatic carbocycles. The number of nitrogens with zero attached hydrogens (tertiary/aromatic N) is 2. The minimum Gasteiger partial charge on any atom is -0.490 e. The van der Waals surface area contributed by atoms with Crippen LogP contribution in [0.25, 0.3) is 0 Å². The molecule has 0 amide bonds. The Morgan fingerprint density at radius 2 is 1.89 bits per heavy atom. The Morgan fingerprint density at radius 1 is 1.21 bits per heavy atom. The van der Waals surface area contributed by atoms with Crippen molar-refractivity contribution in [3.63, 3.8) is 0 Å². The molecule has 1 heterocycles. The summed E-state index contributed by atoms with van der Waals surface area (Å²) in [5.74, 6) is -0.00722. The van der Waals surface area contributed by atoms with Gasteiger partial charge in [-0.3, -0.25) is 4.79 Å². The van der Waals surface area contributed by atoms with Crippen LogP contribution in [-0.2, 0) is 0 Å². The zero-order valence-electron chi connectivity index (χ0n) is 10.3. The van der Waals surface area contributed by atoms with E-state index in [2.05, 4.69) is 0 Å². The summed E-state index contributed by atoms with van der Waals surface area (Å²) in [7, 11) is 0. The van der Waals surface area contributed by atoms with Gasteiger partial charge < -0.3 is 9.47 Å². The van der Waals surface area contributed by atoms with E-state index in [0.717, 1.165) is 6.42 Å². The lowest BCUT2D eigenvalue weighted by Crippen LogP contribution is -2.06. The Balaban J connectivity index is 2.18. The molecule has 0 spiro atoms. The molecule has 0 fully saturated rings. The average Bonchev–Trinajstić information content (AvgIpc) is 2.68. The first kappa shape index (κ1) is 12.9. The van der Waals surface area contributed by atoms with Crippen LogP contribution < -0.4 is 9.47 Å². The first-order chi connectivity index (χ1) is 9.24. The predicted octanol–water partition coefficient (Wildman–Crippen LogP) is 2.08. The third-order valence-electron chi connectivity index (χ3n) is 2.77. The molecule has 0 radical (unpaired) electrons. The Bertz CT molecular complexity index is 555. The van der Waals surface area contributed by atoms with Crippen LogP contribution in [0.15, 0.2) is 18.2 Å². The van der Waals surface area contributed by atoms with Crippen LogP contribution in [0.3, 0.4) is 0 Å². The van der Waals surface area contributed by atoms with Crippen molar-refractivity contribution in [3.05, 3.63) is 23.8 Å². The topological polar surface area (TPSA) is 83.1 Å². The number of ketones is 1. The summed E-state index contributed by atoms with van der Waals surface area (Å²) in [6.45, 7) is 1.13. The number of ether oxygens (including phenoxy) is 2. The predicted molar refractivity (Wildman–Crippen MR) is 65.7 cm³/mol. The molecule has 2 rings (SSSR count). The third-order valence-corrected chi connectivity index (χ3v) is 2.77. The molecule has 1 aromatic rings. The van der Waals surface area contributed by atoms with Gasteiger partial charge >= 0.3 is 0 Å². The second kappa shape index (κ2) is 5.88. The van der Waals surface area contributed by atoms with Crippen molar-refractivity contribution in [2.45, 2.75) is 12.8 Å². The van der Waals surface area contributed by atoms with Crippen molar-refractivity contribution in [1.29, 1.82) is 10.5 Å². The lowest BCUT2D eigenvalue weighted by molar-refractivity contribution is 0.0976. The Hall–Kier alpha value is -2.53. The van der Waals surface area contributed by atoms with Gasteiger partial charge in [-0.05, 0) is 18.2 Å². The first-order valence-electron chi connectivity index (χ1n) is 5.96. The highest BCUT2D eigenvalue weighted by Crippen LogP contribution is 2.30. The van der Waals surface area contributed by atoms with Crippen LogP contribution in [0.2, 0.25) is 0 Å². The van der Waals surface area contributed by atoms with Gasteiger partial charge in [0.1, 0.15) is 5.92 Å². The van der Waals surface area contributed by atoms with E-state index < -0.39 is 5.92 Å². The summed E-state index contributed by atoms with van der Waals surface area (Å²) >= 11 is 0. The fraction of sp³-hybridized carbons (Fsp3) is 0.357. The van der Waals surface area contributed by atoms with E-state index >= 15 is 0 Å². The van der Waals surface area contributed by atoms with Gasteiger partial charge in [-0.25, -0.2) is 0 Å². The number of carbonyl (C=O) groups is 1. The highest BCUT2D eigenvalue weighted by Gasteiger charge is 2.17. The van der Waals surface area contributed by atoms with Gasteiger partial charge in [0.25, 0.3) is 0 Å². The molecule has 0 bridgehead atoms. The van der Waals surface area contributed by atoms with Crippen molar-refractivity contribution in [3.8, 4) is 23.6 Å². The number of nitriles is 2. The van der Waals surface area contributed by atoms with E-state index in [9.17, 15) is 4.79 Å². The summed E-state index contributed by atoms with van der Waals surface area (Å²) in [4.78, 5) is 11.9. The minimum atomic E-state index is -0.913. The fourth-order valence-corrected chi connectivity index (χ4v) is 1.76. The van der Waals surface area contributed by atoms with Crippen molar-refractivity contribution >= 4 is 5.78 Å². The second-order valence-corrected chi connectivity index (χ2v) is 4.15. The van der Waals surface area contributed by atoms with Crippen molar-refractivity contribution in [2.75, 3.05) is 13.2 Å². The molecule has 5 nitrogen and oxygen atoms in total. The van der Waals surface area contributed by atoms with Crippen LogP contribution in [0.1, 0.15) is 23.2 Å². The monoisotopic (exact) mass is 256 g/mol. The van der Waals surface area contributed by atoms with E-state index in [0.29, 0.717) is 30.3 Å². The lowest BCUT2D eigenvalue weighted by Gasteiger charge is -2.08. The van der Waals surface area contributed by atoms with Crippen LogP contribution in [0.5, 0.6) is 11.5 Å². The highest BCUT2D eigenvalue weighted by atomic mass is 16.5. The summed E-state index contributed by atoms with van der Waals surface area (Å²) < 4.78 is 11.0. The largest absolute Gasteiger partial charge is 0.490 e. The number of benzene rings is 1. The maximum absolute atomic E-state index is 11.9. The van der Waals surface area contributed by atoms with E-state index in [1.807, 2.05) is 0 Å². The van der Waals surface area contributed by atoms with Gasteiger partial charge in [0, 0.05) is 18.4 Å². The van der Waals surface area contributed by atoms with Gasteiger partial charge in [-0.15, -0.1) is 0 Å². The summed E-state index contributed by atoms with van der Waals surface area (Å²) in [5, 5.41) is 17.4. The third kappa shape index (κ3) is 3.02. The number of hydrogen-bond acceptors (Lipinski definition) is 5. The molecule has 0 aromatic heterocycles. The molecule has 0 aliphatic carbocycles. The number of rotatable bonds is 3. The van der Waals surface area contributed by atoms with E-state index in [1.54, 1.807) is 30.3 Å². The van der Waals surface area contributed by atoms with Gasteiger partial charge in [-0.2, -0.15) is 10.5 Å². The summed E-state index contributed by atoms with van der Waals surface area (Å²) in [5.41, 5.74) is 0.430. The number of carbonyl (C=O) groups excluding carboxylic acids is 1. The van der Waals surface area contributed by atoms with Crippen molar-refractivity contribution in [1.82, 2.24) is 0 Å². The lowest BCUT2D eigenvalue weighted by atomic mass is 10.0. The standard InChI is InChI=1S/C14H12N2O3/c15-8-10(9-16)6-12(17)11-2-3-13-14(7-11)19-5-1-4-18-13/h2-3,7,10H,1,4-6H2. The molecular weight excluding hydrogens is 244 g/mol. The van der Waals surface area contributed by atoms with E-state index in [1.165, 1.54) is 0 Å². The minimum absolute atomic E-state index is 0.105. The molecule has 0 saturated heterocycles. The average molecular weight is 256 g/mol. The number of fused-ring (bicyclic) bond motifs is 1. The molecule has 96 valence electrons. The van der Waals surface area contributed by atoms with Crippen LogP contribution in [0, 0.1) is 28.6 Å². The highest BCUT2D eigenvalue weighted by molar-refractivity contribution is 5.97. The molecular formula is C14H12N2O3. The van der Waals surface area contributed by atoms with Crippen molar-refractivity contribution < 1.29 is 14.3 Å². The van der Waals surface area contributed by atoms with Crippen LogP contribution >= 0.6 is 0 Å². The van der Waals surface area contributed by atoms with Gasteiger partial charge in [0.15, 0.2) is 17.3 Å². The van der Waals surface area contributed by atoms with Gasteiger partial charge in [0.05, 0.1) is 25.4 Å². The smallest absolute Gasteiger partial charge is 0.165 e. The molecule has 0 atom stereocenters. The van der Waals surface area contributed by atoms with Crippen molar-refractivity contribution in [2.24, 2.45) is 5.92 Å². The molecule has 0 N–H and O–H groups in total. The normalized spacial score (nSPS) is 13.2. The number of Topliss-reactive ketones (excluding diaryl/α,β-unsaturated/α-hetero) is 1. The maximum atomic E-state index is 11.9. The maximum Gasteiger partial charge on any atom is 0.165 e. The Labute approximate surface area is 111 Å². The van der Waals surface area contributed by atoms with Crippen LogP contribution in [-0.4, -0.2) is 19.0 Å². The Kier molecular flexibility index (Phi) is 4.00. The molecule has 0 unspecified atom stereocenters. The zero-order valence-corrected chi connectivity index (χ0v) is 10.3. The fourth-order valence-electron chi connectivity index (χ4n) is 1.76. The zero-order chi connectivity index (χ0) is 13.7. The molecule has 1 aliphatic heterocycles.